The second kappa shape index (κ2) is 12.2. The standard InChI is InChI=1S/C21H32ClN3O2.2ClH/c1-21(23)11-3-2-4-19(21)20(26)24-17-9-12-25(13-10-17)14-15-27-18-7-5-16(22)6-8-18;;/h5-8,17,19H,2-4,9-15,23H2,1H3,(H,24,26);2*1H. The molecule has 1 saturated carbocycles. The van der Waals surface area contributed by atoms with Crippen LogP contribution in [0.25, 0.3) is 0 Å². The first-order valence-electron chi connectivity index (χ1n) is 10.1. The number of likely N-dealkylation sites (tertiary alicyclic amines) is 1. The Labute approximate surface area is 191 Å². The summed E-state index contributed by atoms with van der Waals surface area (Å²) in [6.45, 7) is 5.55. The highest BCUT2D eigenvalue weighted by atomic mass is 35.5. The van der Waals surface area contributed by atoms with E-state index in [4.69, 9.17) is 22.1 Å². The fourth-order valence-electron chi connectivity index (χ4n) is 4.21. The fraction of sp³-hybridized carbons (Fsp3) is 0.667. The molecule has 2 fully saturated rings. The monoisotopic (exact) mass is 465 g/mol. The van der Waals surface area contributed by atoms with Crippen LogP contribution >= 0.6 is 36.4 Å². The summed E-state index contributed by atoms with van der Waals surface area (Å²) in [4.78, 5) is 15.1. The van der Waals surface area contributed by atoms with Crippen molar-refractivity contribution >= 4 is 42.3 Å². The summed E-state index contributed by atoms with van der Waals surface area (Å²) in [7, 11) is 0. The molecule has 1 amide bonds. The second-order valence-corrected chi connectivity index (χ2v) is 8.67. The van der Waals surface area contributed by atoms with Gasteiger partial charge in [0.05, 0.1) is 5.92 Å². The minimum atomic E-state index is -0.359. The van der Waals surface area contributed by atoms with E-state index in [1.807, 2.05) is 31.2 Å². The zero-order valence-corrected chi connectivity index (χ0v) is 19.5. The van der Waals surface area contributed by atoms with E-state index in [1.54, 1.807) is 0 Å². The largest absolute Gasteiger partial charge is 0.492 e. The molecule has 0 spiro atoms. The highest BCUT2D eigenvalue weighted by Crippen LogP contribution is 2.32. The van der Waals surface area contributed by atoms with E-state index in [0.29, 0.717) is 6.61 Å². The fourth-order valence-corrected chi connectivity index (χ4v) is 4.34. The van der Waals surface area contributed by atoms with Crippen molar-refractivity contribution in [2.75, 3.05) is 26.2 Å². The number of carbonyl (C=O) groups excluding carboxylic acids is 1. The molecule has 1 heterocycles. The highest BCUT2D eigenvalue weighted by Gasteiger charge is 2.38. The van der Waals surface area contributed by atoms with Gasteiger partial charge in [0.1, 0.15) is 12.4 Å². The Morgan fingerprint density at radius 1 is 1.21 bits per heavy atom. The van der Waals surface area contributed by atoms with Gasteiger partial charge < -0.3 is 15.8 Å². The molecule has 1 aromatic carbocycles. The number of nitrogens with two attached hydrogens (primary N) is 1. The lowest BCUT2D eigenvalue weighted by Gasteiger charge is -2.39. The Kier molecular flexibility index (Phi) is 11.1. The van der Waals surface area contributed by atoms with Crippen molar-refractivity contribution in [1.29, 1.82) is 0 Å². The molecule has 3 rings (SSSR count). The first kappa shape index (κ1) is 26.3. The lowest BCUT2D eigenvalue weighted by molar-refractivity contribution is -0.129. The van der Waals surface area contributed by atoms with Crippen molar-refractivity contribution in [1.82, 2.24) is 10.2 Å². The Morgan fingerprint density at radius 2 is 1.86 bits per heavy atom. The highest BCUT2D eigenvalue weighted by molar-refractivity contribution is 6.30. The number of nitrogens with zero attached hydrogens (tertiary/aromatic N) is 1. The van der Waals surface area contributed by atoms with Gasteiger partial charge in [-0.3, -0.25) is 9.69 Å². The van der Waals surface area contributed by atoms with Crippen LogP contribution in [-0.2, 0) is 4.79 Å². The molecule has 1 aromatic rings. The predicted octanol–water partition coefficient (Wildman–Crippen LogP) is 4.05. The maximum atomic E-state index is 12.7. The van der Waals surface area contributed by atoms with Gasteiger partial charge >= 0.3 is 0 Å². The van der Waals surface area contributed by atoms with Crippen LogP contribution in [0.4, 0.5) is 0 Å². The van der Waals surface area contributed by atoms with Crippen LogP contribution in [-0.4, -0.2) is 48.6 Å². The molecule has 3 N–H and O–H groups in total. The van der Waals surface area contributed by atoms with E-state index in [0.717, 1.165) is 68.9 Å². The first-order valence-corrected chi connectivity index (χ1v) is 10.5. The topological polar surface area (TPSA) is 67.6 Å². The van der Waals surface area contributed by atoms with E-state index in [1.165, 1.54) is 0 Å². The summed E-state index contributed by atoms with van der Waals surface area (Å²) < 4.78 is 5.77. The molecule has 0 bridgehead atoms. The number of ether oxygens (including phenoxy) is 1. The number of hydrogen-bond donors (Lipinski definition) is 2. The molecule has 0 aromatic heterocycles. The van der Waals surface area contributed by atoms with Gasteiger partial charge in [0.15, 0.2) is 0 Å². The van der Waals surface area contributed by atoms with E-state index in [9.17, 15) is 4.79 Å². The van der Waals surface area contributed by atoms with Crippen molar-refractivity contribution in [3.63, 3.8) is 0 Å². The van der Waals surface area contributed by atoms with Crippen LogP contribution in [0.2, 0.25) is 5.02 Å². The minimum absolute atomic E-state index is 0. The lowest BCUT2D eigenvalue weighted by atomic mass is 9.74. The van der Waals surface area contributed by atoms with Gasteiger partial charge in [-0.2, -0.15) is 0 Å². The number of amides is 1. The van der Waals surface area contributed by atoms with Gasteiger partial charge in [0, 0.05) is 36.2 Å². The number of rotatable bonds is 6. The molecule has 1 saturated heterocycles. The smallest absolute Gasteiger partial charge is 0.225 e. The maximum absolute atomic E-state index is 12.7. The molecular formula is C21H34Cl3N3O2. The van der Waals surface area contributed by atoms with Gasteiger partial charge in [0.2, 0.25) is 5.91 Å². The van der Waals surface area contributed by atoms with Crippen LogP contribution in [0.5, 0.6) is 5.75 Å². The van der Waals surface area contributed by atoms with Crippen molar-refractivity contribution in [3.8, 4) is 5.75 Å². The molecule has 0 radical (unpaired) electrons. The molecule has 2 aliphatic rings. The van der Waals surface area contributed by atoms with Crippen molar-refractivity contribution in [3.05, 3.63) is 29.3 Å². The van der Waals surface area contributed by atoms with Gasteiger partial charge in [-0.25, -0.2) is 0 Å². The molecule has 29 heavy (non-hydrogen) atoms. The van der Waals surface area contributed by atoms with Gasteiger partial charge in [-0.15, -0.1) is 24.8 Å². The van der Waals surface area contributed by atoms with Gasteiger partial charge in [-0.05, 0) is 56.9 Å². The zero-order valence-electron chi connectivity index (χ0n) is 17.1. The van der Waals surface area contributed by atoms with Gasteiger partial charge in [-0.1, -0.05) is 24.4 Å². The van der Waals surface area contributed by atoms with Crippen molar-refractivity contribution in [2.45, 2.75) is 57.0 Å². The Bertz CT molecular complexity index is 620. The molecular weight excluding hydrogens is 433 g/mol. The zero-order chi connectivity index (χ0) is 19.3. The second-order valence-electron chi connectivity index (χ2n) is 8.23. The molecule has 166 valence electrons. The summed E-state index contributed by atoms with van der Waals surface area (Å²) in [6.07, 6.45) is 6.07. The Morgan fingerprint density at radius 3 is 2.48 bits per heavy atom. The molecule has 1 aliphatic heterocycles. The van der Waals surface area contributed by atoms with Crippen LogP contribution in [0.15, 0.2) is 24.3 Å². The van der Waals surface area contributed by atoms with Crippen LogP contribution < -0.4 is 15.8 Å². The average molecular weight is 467 g/mol. The average Bonchev–Trinajstić information content (AvgIpc) is 2.64. The minimum Gasteiger partial charge on any atom is -0.492 e. The summed E-state index contributed by atoms with van der Waals surface area (Å²) in [5.74, 6) is 0.958. The van der Waals surface area contributed by atoms with Gasteiger partial charge in [0.25, 0.3) is 0 Å². The molecule has 2 unspecified atom stereocenters. The van der Waals surface area contributed by atoms with Crippen LogP contribution in [0.3, 0.4) is 0 Å². The third kappa shape index (κ3) is 7.80. The van der Waals surface area contributed by atoms with Crippen LogP contribution in [0, 0.1) is 5.92 Å². The van der Waals surface area contributed by atoms with Crippen molar-refractivity contribution < 1.29 is 9.53 Å². The van der Waals surface area contributed by atoms with Crippen molar-refractivity contribution in [2.24, 2.45) is 11.7 Å². The molecule has 1 aliphatic carbocycles. The molecule has 8 heteroatoms. The molecule has 5 nitrogen and oxygen atoms in total. The number of halogens is 3. The number of benzene rings is 1. The summed E-state index contributed by atoms with van der Waals surface area (Å²) in [5.41, 5.74) is 6.01. The van der Waals surface area contributed by atoms with E-state index in [2.05, 4.69) is 10.2 Å². The lowest BCUT2D eigenvalue weighted by Crippen LogP contribution is -2.55. The number of carbonyl (C=O) groups is 1. The summed E-state index contributed by atoms with van der Waals surface area (Å²) >= 11 is 5.88. The van der Waals surface area contributed by atoms with Crippen LogP contribution in [0.1, 0.15) is 45.4 Å². The number of hydrogen-bond acceptors (Lipinski definition) is 4. The van der Waals surface area contributed by atoms with E-state index < -0.39 is 0 Å². The molecule has 2 atom stereocenters. The normalized spacial score (nSPS) is 25.4. The third-order valence-electron chi connectivity index (χ3n) is 5.99. The number of nitrogens with one attached hydrogen (secondary N) is 1. The predicted molar refractivity (Wildman–Crippen MR) is 124 cm³/mol. The Balaban J connectivity index is 0.00000210. The maximum Gasteiger partial charge on any atom is 0.225 e. The first-order chi connectivity index (χ1) is 12.9. The number of piperidine rings is 1. The summed E-state index contributed by atoms with van der Waals surface area (Å²) in [6, 6.07) is 7.72. The van der Waals surface area contributed by atoms with E-state index in [-0.39, 0.29) is 48.2 Å². The SMILES string of the molecule is CC1(N)CCCCC1C(=O)NC1CCN(CCOc2ccc(Cl)cc2)CC1.Cl.Cl. The third-order valence-corrected chi connectivity index (χ3v) is 6.25. The Hall–Kier alpha value is -0.720. The quantitative estimate of drug-likeness (QED) is 0.663. The van der Waals surface area contributed by atoms with E-state index >= 15 is 0 Å². The summed E-state index contributed by atoms with van der Waals surface area (Å²) in [5, 5.41) is 3.98.